The number of nitrogens with zero attached hydrogens (tertiary/aromatic N) is 2. The van der Waals surface area contributed by atoms with Crippen LogP contribution in [0.2, 0.25) is 5.02 Å². The van der Waals surface area contributed by atoms with Crippen LogP contribution in [0.5, 0.6) is 11.5 Å². The van der Waals surface area contributed by atoms with Gasteiger partial charge in [-0.2, -0.15) is 0 Å². The van der Waals surface area contributed by atoms with Crippen molar-refractivity contribution < 1.29 is 14.3 Å². The standard InChI is InChI=1S/C19H21ClN2O3/c1-24-15-5-2-6-16(10-15)25-13-14-4-3-9-22(12-14)19(23)17-7-8-21-11-18(17)20/h2,5-8,10-11,14H,3-4,9,12-13H2,1H3/t14-/m0/s1. The average molecular weight is 361 g/mol. The largest absolute Gasteiger partial charge is 0.497 e. The smallest absolute Gasteiger partial charge is 0.255 e. The maximum absolute atomic E-state index is 12.7. The summed E-state index contributed by atoms with van der Waals surface area (Å²) >= 11 is 6.10. The number of rotatable bonds is 5. The van der Waals surface area contributed by atoms with Crippen LogP contribution in [0.25, 0.3) is 0 Å². The second kappa shape index (κ2) is 8.21. The zero-order chi connectivity index (χ0) is 17.6. The van der Waals surface area contributed by atoms with Crippen molar-refractivity contribution in [2.75, 3.05) is 26.8 Å². The summed E-state index contributed by atoms with van der Waals surface area (Å²) in [6, 6.07) is 9.22. The number of hydrogen-bond donors (Lipinski definition) is 0. The molecule has 0 aliphatic carbocycles. The summed E-state index contributed by atoms with van der Waals surface area (Å²) < 4.78 is 11.1. The fraction of sp³-hybridized carbons (Fsp3) is 0.368. The molecule has 1 aliphatic rings. The van der Waals surface area contributed by atoms with Crippen LogP contribution in [-0.2, 0) is 0 Å². The zero-order valence-electron chi connectivity index (χ0n) is 14.2. The normalized spacial score (nSPS) is 17.2. The fourth-order valence-electron chi connectivity index (χ4n) is 3.01. The number of likely N-dealkylation sites (tertiary alicyclic amines) is 1. The van der Waals surface area contributed by atoms with Crippen LogP contribution in [0.4, 0.5) is 0 Å². The Balaban J connectivity index is 1.59. The topological polar surface area (TPSA) is 51.7 Å². The molecule has 1 atom stereocenters. The summed E-state index contributed by atoms with van der Waals surface area (Å²) in [5.41, 5.74) is 0.506. The molecule has 1 amide bonds. The van der Waals surface area contributed by atoms with E-state index < -0.39 is 0 Å². The second-order valence-corrected chi connectivity index (χ2v) is 6.51. The number of carbonyl (C=O) groups excluding carboxylic acids is 1. The highest BCUT2D eigenvalue weighted by molar-refractivity contribution is 6.33. The van der Waals surface area contributed by atoms with Crippen molar-refractivity contribution in [2.45, 2.75) is 12.8 Å². The van der Waals surface area contributed by atoms with Crippen LogP contribution in [0, 0.1) is 5.92 Å². The van der Waals surface area contributed by atoms with E-state index in [1.165, 1.54) is 6.20 Å². The molecule has 1 aromatic carbocycles. The number of aromatic nitrogens is 1. The van der Waals surface area contributed by atoms with Crippen LogP contribution in [0.3, 0.4) is 0 Å². The van der Waals surface area contributed by atoms with Crippen LogP contribution in [0.1, 0.15) is 23.2 Å². The number of benzene rings is 1. The van der Waals surface area contributed by atoms with E-state index in [2.05, 4.69) is 4.98 Å². The predicted octanol–water partition coefficient (Wildman–Crippen LogP) is 3.67. The molecule has 0 N–H and O–H groups in total. The minimum absolute atomic E-state index is 0.0431. The molecule has 1 aromatic heterocycles. The lowest BCUT2D eigenvalue weighted by molar-refractivity contribution is 0.0633. The van der Waals surface area contributed by atoms with Gasteiger partial charge >= 0.3 is 0 Å². The minimum atomic E-state index is -0.0431. The molecule has 3 rings (SSSR count). The van der Waals surface area contributed by atoms with Gasteiger partial charge in [-0.25, -0.2) is 0 Å². The third kappa shape index (κ3) is 4.42. The predicted molar refractivity (Wildman–Crippen MR) is 96.4 cm³/mol. The Labute approximate surface area is 152 Å². The Kier molecular flexibility index (Phi) is 5.76. The van der Waals surface area contributed by atoms with Gasteiger partial charge in [0.05, 0.1) is 24.3 Å². The molecule has 25 heavy (non-hydrogen) atoms. The summed E-state index contributed by atoms with van der Waals surface area (Å²) in [6.45, 7) is 1.98. The van der Waals surface area contributed by atoms with E-state index in [1.54, 1.807) is 19.4 Å². The number of methoxy groups -OCH3 is 1. The number of amides is 1. The Morgan fingerprint density at radius 1 is 1.36 bits per heavy atom. The molecule has 1 saturated heterocycles. The molecule has 5 nitrogen and oxygen atoms in total. The van der Waals surface area contributed by atoms with Gasteiger partial charge in [0.2, 0.25) is 0 Å². The molecule has 0 spiro atoms. The first-order chi connectivity index (χ1) is 12.2. The van der Waals surface area contributed by atoms with Crippen molar-refractivity contribution in [2.24, 2.45) is 5.92 Å². The number of ether oxygens (including phenoxy) is 2. The van der Waals surface area contributed by atoms with Gasteiger partial charge in [-0.05, 0) is 31.0 Å². The summed E-state index contributed by atoms with van der Waals surface area (Å²) in [5.74, 6) is 1.80. The van der Waals surface area contributed by atoms with Gasteiger partial charge in [-0.3, -0.25) is 9.78 Å². The number of piperidine rings is 1. The van der Waals surface area contributed by atoms with Crippen molar-refractivity contribution in [3.05, 3.63) is 53.3 Å². The van der Waals surface area contributed by atoms with Crippen molar-refractivity contribution in [3.63, 3.8) is 0 Å². The van der Waals surface area contributed by atoms with Gasteiger partial charge in [0.25, 0.3) is 5.91 Å². The maximum atomic E-state index is 12.7. The van der Waals surface area contributed by atoms with E-state index in [9.17, 15) is 4.79 Å². The molecule has 132 valence electrons. The SMILES string of the molecule is COc1cccc(OC[C@H]2CCCN(C(=O)c3ccncc3Cl)C2)c1. The number of pyridine rings is 1. The highest BCUT2D eigenvalue weighted by Gasteiger charge is 2.26. The third-order valence-corrected chi connectivity index (χ3v) is 4.64. The van der Waals surface area contributed by atoms with E-state index >= 15 is 0 Å². The maximum Gasteiger partial charge on any atom is 0.255 e. The highest BCUT2D eigenvalue weighted by Crippen LogP contribution is 2.24. The van der Waals surface area contributed by atoms with Crippen LogP contribution in [-0.4, -0.2) is 42.6 Å². The first kappa shape index (κ1) is 17.5. The van der Waals surface area contributed by atoms with E-state index in [0.717, 1.165) is 30.9 Å². The summed E-state index contributed by atoms with van der Waals surface area (Å²) in [6.07, 6.45) is 5.09. The molecular formula is C19H21ClN2O3. The Morgan fingerprint density at radius 3 is 3.00 bits per heavy atom. The molecule has 0 unspecified atom stereocenters. The molecule has 2 heterocycles. The molecule has 0 saturated carbocycles. The zero-order valence-corrected chi connectivity index (χ0v) is 14.9. The average Bonchev–Trinajstić information content (AvgIpc) is 2.66. The van der Waals surface area contributed by atoms with Gasteiger partial charge in [-0.1, -0.05) is 17.7 Å². The molecule has 1 fully saturated rings. The number of halogens is 1. The van der Waals surface area contributed by atoms with Crippen molar-refractivity contribution >= 4 is 17.5 Å². The Bertz CT molecular complexity index is 738. The van der Waals surface area contributed by atoms with Gasteiger partial charge in [-0.15, -0.1) is 0 Å². The summed E-state index contributed by atoms with van der Waals surface area (Å²) in [4.78, 5) is 18.5. The monoisotopic (exact) mass is 360 g/mol. The Morgan fingerprint density at radius 2 is 2.20 bits per heavy atom. The molecule has 0 bridgehead atoms. The van der Waals surface area contributed by atoms with Gasteiger partial charge < -0.3 is 14.4 Å². The quantitative estimate of drug-likeness (QED) is 0.816. The van der Waals surface area contributed by atoms with Crippen LogP contribution < -0.4 is 9.47 Å². The first-order valence-corrected chi connectivity index (χ1v) is 8.71. The molecule has 1 aliphatic heterocycles. The van der Waals surface area contributed by atoms with Crippen LogP contribution in [0.15, 0.2) is 42.7 Å². The van der Waals surface area contributed by atoms with E-state index in [1.807, 2.05) is 29.2 Å². The summed E-state index contributed by atoms with van der Waals surface area (Å²) in [5, 5.41) is 0.391. The van der Waals surface area contributed by atoms with Gasteiger partial charge in [0.15, 0.2) is 0 Å². The van der Waals surface area contributed by atoms with Crippen molar-refractivity contribution in [1.29, 1.82) is 0 Å². The van der Waals surface area contributed by atoms with E-state index in [4.69, 9.17) is 21.1 Å². The third-order valence-electron chi connectivity index (χ3n) is 4.34. The second-order valence-electron chi connectivity index (χ2n) is 6.10. The lowest BCUT2D eigenvalue weighted by atomic mass is 9.98. The summed E-state index contributed by atoms with van der Waals surface area (Å²) in [7, 11) is 1.63. The lowest BCUT2D eigenvalue weighted by Crippen LogP contribution is -2.41. The number of carbonyl (C=O) groups is 1. The fourth-order valence-corrected chi connectivity index (χ4v) is 3.21. The molecular weight excluding hydrogens is 340 g/mol. The first-order valence-electron chi connectivity index (χ1n) is 8.33. The molecule has 2 aromatic rings. The van der Waals surface area contributed by atoms with E-state index in [0.29, 0.717) is 29.7 Å². The molecule has 6 heteroatoms. The van der Waals surface area contributed by atoms with Gasteiger partial charge in [0, 0.05) is 37.5 Å². The van der Waals surface area contributed by atoms with Crippen molar-refractivity contribution in [1.82, 2.24) is 9.88 Å². The Hall–Kier alpha value is -2.27. The van der Waals surface area contributed by atoms with Crippen LogP contribution >= 0.6 is 11.6 Å². The molecule has 0 radical (unpaired) electrons. The van der Waals surface area contributed by atoms with E-state index in [-0.39, 0.29) is 5.91 Å². The minimum Gasteiger partial charge on any atom is -0.497 e. The lowest BCUT2D eigenvalue weighted by Gasteiger charge is -2.32. The number of hydrogen-bond acceptors (Lipinski definition) is 4. The highest BCUT2D eigenvalue weighted by atomic mass is 35.5. The van der Waals surface area contributed by atoms with Crippen molar-refractivity contribution in [3.8, 4) is 11.5 Å². The van der Waals surface area contributed by atoms with Gasteiger partial charge in [0.1, 0.15) is 11.5 Å².